The molecule has 30 heavy (non-hydrogen) atoms. The molecule has 0 bridgehead atoms. The Kier molecular flexibility index (Phi) is 5.35. The Hall–Kier alpha value is -3.12. The smallest absolute Gasteiger partial charge is 0.321 e. The Balaban J connectivity index is 1.86. The van der Waals surface area contributed by atoms with E-state index in [1.165, 1.54) is 12.7 Å². The van der Waals surface area contributed by atoms with Crippen molar-refractivity contribution in [1.29, 1.82) is 0 Å². The summed E-state index contributed by atoms with van der Waals surface area (Å²) in [5.41, 5.74) is 13.3. The molecule has 4 rings (SSSR count). The number of nitrogens with two attached hydrogens (primary N) is 2. The number of carbonyl (C=O) groups is 1. The van der Waals surface area contributed by atoms with Crippen molar-refractivity contribution >= 4 is 23.0 Å². The number of aliphatic hydroxyl groups is 2. The minimum atomic E-state index is -1.33. The Morgan fingerprint density at radius 2 is 1.97 bits per heavy atom. The molecule has 0 aliphatic carbocycles. The van der Waals surface area contributed by atoms with E-state index in [9.17, 15) is 20.1 Å². The van der Waals surface area contributed by atoms with Crippen molar-refractivity contribution in [2.45, 2.75) is 30.4 Å². The quantitative estimate of drug-likeness (QED) is 0.351. The number of carboxylic acid groups (broad SMARTS) is 1. The van der Waals surface area contributed by atoms with Crippen LogP contribution in [0.3, 0.4) is 0 Å². The van der Waals surface area contributed by atoms with Gasteiger partial charge in [-0.15, -0.1) is 0 Å². The van der Waals surface area contributed by atoms with Crippen LogP contribution in [0.5, 0.6) is 0 Å². The van der Waals surface area contributed by atoms with Crippen molar-refractivity contribution in [3.05, 3.63) is 48.5 Å². The molecule has 158 valence electrons. The molecule has 6 atom stereocenters. The SMILES string of the molecule is Nc1ncnc2c1ncn2[C@@H]1O[C@H](CO)[C@H](O)[C@H]1C(c1ccccc1)C(N)C(=O)O. The molecule has 7 N–H and O–H groups in total. The molecule has 1 aliphatic rings. The molecule has 2 unspecified atom stereocenters. The highest BCUT2D eigenvalue weighted by molar-refractivity contribution is 5.81. The third-order valence-corrected chi connectivity index (χ3v) is 5.53. The fourth-order valence-electron chi connectivity index (χ4n) is 4.11. The minimum Gasteiger partial charge on any atom is -0.480 e. The number of fused-ring (bicyclic) bond motifs is 1. The number of nitrogen functional groups attached to an aromatic ring is 1. The van der Waals surface area contributed by atoms with E-state index >= 15 is 0 Å². The van der Waals surface area contributed by atoms with Crippen LogP contribution in [0.4, 0.5) is 5.82 Å². The molecular formula is C19H22N6O5. The molecular weight excluding hydrogens is 392 g/mol. The van der Waals surface area contributed by atoms with Gasteiger partial charge in [0.05, 0.1) is 19.0 Å². The summed E-state index contributed by atoms with van der Waals surface area (Å²) in [5.74, 6) is -2.68. The molecule has 11 nitrogen and oxygen atoms in total. The Morgan fingerprint density at radius 1 is 1.23 bits per heavy atom. The number of benzene rings is 1. The molecule has 3 heterocycles. The first-order valence-electron chi connectivity index (χ1n) is 9.34. The molecule has 3 aromatic rings. The minimum absolute atomic E-state index is 0.175. The summed E-state index contributed by atoms with van der Waals surface area (Å²) in [5, 5.41) is 30.4. The molecule has 0 radical (unpaired) electrons. The zero-order valence-electron chi connectivity index (χ0n) is 15.8. The number of rotatable bonds is 6. The number of carboxylic acids is 1. The number of aromatic nitrogens is 4. The molecule has 0 spiro atoms. The molecule has 1 aromatic carbocycles. The molecule has 0 amide bonds. The summed E-state index contributed by atoms with van der Waals surface area (Å²) >= 11 is 0. The van der Waals surface area contributed by atoms with Gasteiger partial charge in [0, 0.05) is 11.8 Å². The monoisotopic (exact) mass is 414 g/mol. The topological polar surface area (TPSA) is 183 Å². The average Bonchev–Trinajstić information content (AvgIpc) is 3.31. The largest absolute Gasteiger partial charge is 0.480 e. The lowest BCUT2D eigenvalue weighted by Gasteiger charge is -2.32. The standard InChI is InChI=1S/C19H22N6O5/c20-13(19(28)29)11(9-4-2-1-3-5-9)12-15(27)10(6-26)30-18(12)25-8-24-14-16(21)22-7-23-17(14)25/h1-5,7-8,10-13,15,18,26-27H,6,20H2,(H,28,29)(H2,21,22,23)/t10-,11?,12-,13?,15+,18-/m1/s1. The first-order valence-corrected chi connectivity index (χ1v) is 9.34. The van der Waals surface area contributed by atoms with Crippen LogP contribution in [0.2, 0.25) is 0 Å². The lowest BCUT2D eigenvalue weighted by atomic mass is 9.77. The average molecular weight is 414 g/mol. The summed E-state index contributed by atoms with van der Waals surface area (Å²) in [6, 6.07) is 7.48. The zero-order valence-corrected chi connectivity index (χ0v) is 15.8. The second kappa shape index (κ2) is 7.95. The maximum Gasteiger partial charge on any atom is 0.321 e. The number of nitrogens with zero attached hydrogens (tertiary/aromatic N) is 4. The van der Waals surface area contributed by atoms with Gasteiger partial charge in [-0.2, -0.15) is 0 Å². The van der Waals surface area contributed by atoms with Crippen LogP contribution in [0, 0.1) is 5.92 Å². The third-order valence-electron chi connectivity index (χ3n) is 5.53. The van der Waals surface area contributed by atoms with Crippen LogP contribution < -0.4 is 11.5 Å². The van der Waals surface area contributed by atoms with E-state index in [0.717, 1.165) is 0 Å². The number of aliphatic hydroxyl groups excluding tert-OH is 2. The number of hydrogen-bond acceptors (Lipinski definition) is 9. The van der Waals surface area contributed by atoms with Crippen molar-refractivity contribution in [2.75, 3.05) is 12.3 Å². The summed E-state index contributed by atoms with van der Waals surface area (Å²) < 4.78 is 7.49. The van der Waals surface area contributed by atoms with E-state index in [1.807, 2.05) is 0 Å². The molecule has 11 heteroatoms. The van der Waals surface area contributed by atoms with Crippen molar-refractivity contribution in [1.82, 2.24) is 19.5 Å². The summed E-state index contributed by atoms with van der Waals surface area (Å²) in [4.78, 5) is 24.2. The number of ether oxygens (including phenoxy) is 1. The van der Waals surface area contributed by atoms with Gasteiger partial charge < -0.3 is 31.5 Å². The van der Waals surface area contributed by atoms with E-state index in [-0.39, 0.29) is 5.82 Å². The Morgan fingerprint density at radius 3 is 2.63 bits per heavy atom. The Labute approximate surface area is 170 Å². The Bertz CT molecular complexity index is 1040. The molecule has 1 saturated heterocycles. The highest BCUT2D eigenvalue weighted by atomic mass is 16.5. The predicted molar refractivity (Wildman–Crippen MR) is 105 cm³/mol. The van der Waals surface area contributed by atoms with Crippen LogP contribution in [0.1, 0.15) is 17.7 Å². The van der Waals surface area contributed by atoms with Crippen LogP contribution in [0.15, 0.2) is 43.0 Å². The van der Waals surface area contributed by atoms with Gasteiger partial charge in [0.15, 0.2) is 11.5 Å². The number of hydrogen-bond donors (Lipinski definition) is 5. The zero-order chi connectivity index (χ0) is 21.4. The second-order valence-corrected chi connectivity index (χ2v) is 7.20. The highest BCUT2D eigenvalue weighted by Gasteiger charge is 2.51. The first kappa shape index (κ1) is 20.2. The van der Waals surface area contributed by atoms with Crippen molar-refractivity contribution in [3.8, 4) is 0 Å². The van der Waals surface area contributed by atoms with Gasteiger partial charge >= 0.3 is 5.97 Å². The van der Waals surface area contributed by atoms with Crippen LogP contribution in [-0.4, -0.2) is 65.7 Å². The van der Waals surface area contributed by atoms with E-state index in [2.05, 4.69) is 15.0 Å². The van der Waals surface area contributed by atoms with Crippen molar-refractivity contribution in [3.63, 3.8) is 0 Å². The van der Waals surface area contributed by atoms with E-state index in [1.54, 1.807) is 34.9 Å². The van der Waals surface area contributed by atoms with Gasteiger partial charge in [-0.3, -0.25) is 9.36 Å². The van der Waals surface area contributed by atoms with Crippen LogP contribution in [-0.2, 0) is 9.53 Å². The van der Waals surface area contributed by atoms with Gasteiger partial charge in [0.1, 0.15) is 30.2 Å². The predicted octanol–water partition coefficient (Wildman–Crippen LogP) is -0.529. The lowest BCUT2D eigenvalue weighted by Crippen LogP contribution is -2.45. The maximum absolute atomic E-state index is 11.8. The van der Waals surface area contributed by atoms with Crippen molar-refractivity contribution in [2.24, 2.45) is 11.7 Å². The fraction of sp³-hybridized carbons (Fsp3) is 0.368. The first-order chi connectivity index (χ1) is 14.4. The molecule has 0 saturated carbocycles. The number of anilines is 1. The molecule has 2 aromatic heterocycles. The summed E-state index contributed by atoms with van der Waals surface area (Å²) in [6.45, 7) is -0.457. The highest BCUT2D eigenvalue weighted by Crippen LogP contribution is 2.45. The van der Waals surface area contributed by atoms with Crippen LogP contribution >= 0.6 is 0 Å². The number of imidazole rings is 1. The van der Waals surface area contributed by atoms with Gasteiger partial charge in [-0.1, -0.05) is 30.3 Å². The number of aliphatic carboxylic acids is 1. The lowest BCUT2D eigenvalue weighted by molar-refractivity contribution is -0.140. The normalized spacial score (nSPS) is 26.0. The van der Waals surface area contributed by atoms with E-state index in [0.29, 0.717) is 16.7 Å². The van der Waals surface area contributed by atoms with Gasteiger partial charge in [-0.05, 0) is 5.56 Å². The fourth-order valence-corrected chi connectivity index (χ4v) is 4.11. The second-order valence-electron chi connectivity index (χ2n) is 7.20. The molecule has 1 aliphatic heterocycles. The van der Waals surface area contributed by atoms with Crippen LogP contribution in [0.25, 0.3) is 11.2 Å². The summed E-state index contributed by atoms with van der Waals surface area (Å²) in [6.07, 6.45) is -0.311. The van der Waals surface area contributed by atoms with Gasteiger partial charge in [0.25, 0.3) is 0 Å². The van der Waals surface area contributed by atoms with Crippen molar-refractivity contribution < 1.29 is 24.9 Å². The molecule has 1 fully saturated rings. The summed E-state index contributed by atoms with van der Waals surface area (Å²) in [7, 11) is 0. The van der Waals surface area contributed by atoms with E-state index in [4.69, 9.17) is 16.2 Å². The van der Waals surface area contributed by atoms with E-state index < -0.39 is 48.9 Å². The third kappa shape index (κ3) is 3.27. The van der Waals surface area contributed by atoms with Gasteiger partial charge in [-0.25, -0.2) is 15.0 Å². The maximum atomic E-state index is 11.8. The van der Waals surface area contributed by atoms with Gasteiger partial charge in [0.2, 0.25) is 0 Å².